The molecule has 0 aliphatic carbocycles. The Kier molecular flexibility index (Phi) is 6.16. The molecule has 148 valence electrons. The van der Waals surface area contributed by atoms with E-state index in [1.807, 2.05) is 0 Å². The van der Waals surface area contributed by atoms with Gasteiger partial charge >= 0.3 is 12.1 Å². The zero-order valence-electron chi connectivity index (χ0n) is 14.4. The Morgan fingerprint density at radius 3 is 2.48 bits per heavy atom. The smallest absolute Gasteiger partial charge is 0.435 e. The summed E-state index contributed by atoms with van der Waals surface area (Å²) in [6.07, 6.45) is -6.19. The highest BCUT2D eigenvalue weighted by Crippen LogP contribution is 2.39. The van der Waals surface area contributed by atoms with Crippen molar-refractivity contribution in [3.05, 3.63) is 39.0 Å². The molecule has 1 N–H and O–H groups in total. The van der Waals surface area contributed by atoms with Crippen LogP contribution in [0.4, 0.5) is 13.2 Å². The molecule has 1 aromatic heterocycles. The van der Waals surface area contributed by atoms with E-state index in [-0.39, 0.29) is 39.2 Å². The third kappa shape index (κ3) is 4.59. The highest BCUT2D eigenvalue weighted by atomic mass is 35.5. The molecule has 2 aromatic rings. The topological polar surface area (TPSA) is 73.6 Å². The summed E-state index contributed by atoms with van der Waals surface area (Å²) in [6, 6.07) is 2.58. The Balaban J connectivity index is 2.50. The minimum Gasteiger partial charge on any atom is -0.481 e. The fourth-order valence-corrected chi connectivity index (χ4v) is 2.92. The molecule has 1 aromatic carbocycles. The predicted octanol–water partition coefficient (Wildman–Crippen LogP) is 4.20. The number of aliphatic carboxylic acids is 1. The van der Waals surface area contributed by atoms with Crippen LogP contribution in [0.1, 0.15) is 23.7 Å². The van der Waals surface area contributed by atoms with Gasteiger partial charge in [-0.15, -0.1) is 0 Å². The monoisotopic (exact) mass is 426 g/mol. The van der Waals surface area contributed by atoms with Crippen LogP contribution in [0.25, 0.3) is 0 Å². The molecule has 2 rings (SSSR count). The number of nitrogens with zero attached hydrogens (tertiary/aromatic N) is 2. The van der Waals surface area contributed by atoms with Gasteiger partial charge in [0.1, 0.15) is 5.75 Å². The largest absolute Gasteiger partial charge is 0.481 e. The van der Waals surface area contributed by atoms with Gasteiger partial charge in [-0.25, -0.2) is 9.48 Å². The van der Waals surface area contributed by atoms with E-state index in [0.717, 1.165) is 4.68 Å². The van der Waals surface area contributed by atoms with Crippen LogP contribution in [0.5, 0.6) is 11.6 Å². The summed E-state index contributed by atoms with van der Waals surface area (Å²) >= 11 is 12.1. The molecule has 0 radical (unpaired) electrons. The van der Waals surface area contributed by atoms with E-state index in [0.29, 0.717) is 0 Å². The molecule has 11 heteroatoms. The molecule has 0 spiro atoms. The van der Waals surface area contributed by atoms with E-state index in [9.17, 15) is 18.0 Å². The van der Waals surface area contributed by atoms with Crippen molar-refractivity contribution in [2.45, 2.75) is 25.6 Å². The summed E-state index contributed by atoms with van der Waals surface area (Å²) in [4.78, 5) is 11.0. The molecule has 0 unspecified atom stereocenters. The molecule has 1 heterocycles. The molecule has 0 bridgehead atoms. The molecule has 1 atom stereocenters. The second-order valence-corrected chi connectivity index (χ2v) is 6.42. The molecular formula is C16H15Cl2F3N2O4. The molecule has 0 fully saturated rings. The van der Waals surface area contributed by atoms with Crippen molar-refractivity contribution in [1.29, 1.82) is 0 Å². The Labute approximate surface area is 162 Å². The van der Waals surface area contributed by atoms with Crippen molar-refractivity contribution in [2.75, 3.05) is 7.11 Å². The van der Waals surface area contributed by atoms with Crippen molar-refractivity contribution in [3.8, 4) is 11.6 Å². The van der Waals surface area contributed by atoms with Crippen LogP contribution >= 0.6 is 23.2 Å². The predicted molar refractivity (Wildman–Crippen MR) is 91.8 cm³/mol. The molecule has 0 amide bonds. The molecule has 27 heavy (non-hydrogen) atoms. The molecule has 0 saturated carbocycles. The van der Waals surface area contributed by atoms with Gasteiger partial charge in [-0.3, -0.25) is 0 Å². The Morgan fingerprint density at radius 1 is 1.33 bits per heavy atom. The van der Waals surface area contributed by atoms with Crippen molar-refractivity contribution < 1.29 is 32.5 Å². The van der Waals surface area contributed by atoms with E-state index in [4.69, 9.17) is 37.8 Å². The van der Waals surface area contributed by atoms with Gasteiger partial charge in [0.25, 0.3) is 0 Å². The van der Waals surface area contributed by atoms with Gasteiger partial charge in [-0.2, -0.15) is 18.3 Å². The Hall–Kier alpha value is -2.13. The lowest BCUT2D eigenvalue weighted by molar-refractivity contribution is -0.144. The highest BCUT2D eigenvalue weighted by Gasteiger charge is 2.39. The van der Waals surface area contributed by atoms with Crippen LogP contribution in [0.15, 0.2) is 12.1 Å². The highest BCUT2D eigenvalue weighted by molar-refractivity contribution is 6.36. The summed E-state index contributed by atoms with van der Waals surface area (Å²) in [5.41, 5.74) is -1.08. The van der Waals surface area contributed by atoms with E-state index in [2.05, 4.69) is 5.10 Å². The van der Waals surface area contributed by atoms with E-state index in [1.165, 1.54) is 33.2 Å². The first-order chi connectivity index (χ1) is 12.5. The van der Waals surface area contributed by atoms with Gasteiger partial charge in [-0.1, -0.05) is 23.2 Å². The number of benzene rings is 1. The van der Waals surface area contributed by atoms with Crippen LogP contribution in [0, 0.1) is 0 Å². The number of carboxylic acid groups (broad SMARTS) is 1. The summed E-state index contributed by atoms with van der Waals surface area (Å²) in [5.74, 6) is -1.31. The van der Waals surface area contributed by atoms with Gasteiger partial charge in [0.15, 0.2) is 11.8 Å². The lowest BCUT2D eigenvalue weighted by atomic mass is 10.0. The Morgan fingerprint density at radius 2 is 1.96 bits per heavy atom. The number of ether oxygens (including phenoxy) is 2. The van der Waals surface area contributed by atoms with Gasteiger partial charge in [0.2, 0.25) is 5.88 Å². The normalized spacial score (nSPS) is 12.7. The molecule has 0 aliphatic rings. The first-order valence-electron chi connectivity index (χ1n) is 7.50. The summed E-state index contributed by atoms with van der Waals surface area (Å²) in [7, 11) is 2.55. The average molecular weight is 427 g/mol. The maximum atomic E-state index is 13.3. The van der Waals surface area contributed by atoms with Crippen LogP contribution < -0.4 is 9.47 Å². The second kappa shape index (κ2) is 7.85. The van der Waals surface area contributed by atoms with Crippen molar-refractivity contribution in [2.24, 2.45) is 7.05 Å². The maximum Gasteiger partial charge on any atom is 0.435 e. The minimum absolute atomic E-state index is 0.0117. The fourth-order valence-electron chi connectivity index (χ4n) is 2.42. The fraction of sp³-hybridized carbons (Fsp3) is 0.375. The number of hydrogen-bond acceptors (Lipinski definition) is 4. The molecular weight excluding hydrogens is 412 g/mol. The van der Waals surface area contributed by atoms with Crippen molar-refractivity contribution in [3.63, 3.8) is 0 Å². The average Bonchev–Trinajstić information content (AvgIpc) is 2.87. The van der Waals surface area contributed by atoms with E-state index < -0.39 is 23.9 Å². The third-order valence-corrected chi connectivity index (χ3v) is 4.32. The summed E-state index contributed by atoms with van der Waals surface area (Å²) in [6.45, 7) is 1.29. The zero-order chi connectivity index (χ0) is 20.5. The lowest BCUT2D eigenvalue weighted by Gasteiger charge is -2.15. The quantitative estimate of drug-likeness (QED) is 0.749. The number of carboxylic acids is 1. The summed E-state index contributed by atoms with van der Waals surface area (Å²) in [5, 5.41) is 12.5. The van der Waals surface area contributed by atoms with E-state index in [1.54, 1.807) is 0 Å². The summed E-state index contributed by atoms with van der Waals surface area (Å²) < 4.78 is 51.2. The third-order valence-electron chi connectivity index (χ3n) is 3.67. The Bertz CT molecular complexity index is 868. The lowest BCUT2D eigenvalue weighted by Crippen LogP contribution is -2.23. The number of methoxy groups -OCH3 is 1. The first kappa shape index (κ1) is 21.2. The van der Waals surface area contributed by atoms with Crippen LogP contribution in [-0.2, 0) is 24.4 Å². The van der Waals surface area contributed by atoms with E-state index >= 15 is 0 Å². The van der Waals surface area contributed by atoms with Gasteiger partial charge < -0.3 is 14.6 Å². The second-order valence-electron chi connectivity index (χ2n) is 5.61. The first-order valence-corrected chi connectivity index (χ1v) is 8.25. The van der Waals surface area contributed by atoms with Crippen LogP contribution in [0.3, 0.4) is 0 Å². The van der Waals surface area contributed by atoms with Crippen LogP contribution in [0.2, 0.25) is 10.0 Å². The maximum absolute atomic E-state index is 13.3. The number of aromatic nitrogens is 2. The number of carbonyl (C=O) groups is 1. The van der Waals surface area contributed by atoms with Gasteiger partial charge in [-0.05, 0) is 24.6 Å². The number of halogens is 5. The van der Waals surface area contributed by atoms with Gasteiger partial charge in [0, 0.05) is 18.5 Å². The zero-order valence-corrected chi connectivity index (χ0v) is 15.9. The number of rotatable bonds is 6. The number of hydrogen-bond donors (Lipinski definition) is 1. The van der Waals surface area contributed by atoms with Crippen LogP contribution in [-0.4, -0.2) is 34.1 Å². The van der Waals surface area contributed by atoms with Crippen molar-refractivity contribution in [1.82, 2.24) is 9.78 Å². The van der Waals surface area contributed by atoms with Crippen molar-refractivity contribution >= 4 is 29.2 Å². The SMILES string of the molecule is COc1c(Cc2cc(O[C@@H](C)C(=O)O)c(Cl)cc2Cl)c(C(F)(F)F)nn1C. The number of alkyl halides is 3. The molecule has 0 saturated heterocycles. The molecule has 6 nitrogen and oxygen atoms in total. The minimum atomic E-state index is -4.69. The van der Waals surface area contributed by atoms with Gasteiger partial charge in [0.05, 0.1) is 17.7 Å². The molecule has 0 aliphatic heterocycles. The number of aryl methyl sites for hydroxylation is 1. The standard InChI is InChI=1S/C16H15Cl2F3N2O4/c1-7(15(24)25)27-12-5-8(10(17)6-11(12)18)4-9-13(16(19,20)21)22-23(2)14(9)26-3/h5-7H,4H2,1-3H3,(H,24,25)/t7-/m0/s1.